The van der Waals surface area contributed by atoms with Gasteiger partial charge < -0.3 is 4.90 Å². The van der Waals surface area contributed by atoms with E-state index in [2.05, 4.69) is 4.98 Å². The van der Waals surface area contributed by atoms with Crippen LogP contribution in [0.4, 0.5) is 5.69 Å². The molecule has 3 aromatic rings. The Hall–Kier alpha value is -2.94. The van der Waals surface area contributed by atoms with Crippen LogP contribution in [0.25, 0.3) is 0 Å². The van der Waals surface area contributed by atoms with Gasteiger partial charge in [0.15, 0.2) is 0 Å². The number of anilines is 1. The molecule has 0 N–H and O–H groups in total. The molecule has 0 spiro atoms. The Kier molecular flexibility index (Phi) is 4.48. The highest BCUT2D eigenvalue weighted by molar-refractivity contribution is 6.06. The average molecular weight is 302 g/mol. The summed E-state index contributed by atoms with van der Waals surface area (Å²) in [5.74, 6) is -0.0226. The van der Waals surface area contributed by atoms with Gasteiger partial charge in [0.05, 0.1) is 6.54 Å². The molecule has 114 valence electrons. The number of carbonyl (C=O) groups excluding carboxylic acids is 1. The number of carbonyl (C=O) groups is 1. The molecule has 1 aromatic heterocycles. The van der Waals surface area contributed by atoms with Crippen molar-refractivity contribution in [1.82, 2.24) is 4.98 Å². The summed E-state index contributed by atoms with van der Waals surface area (Å²) in [5, 5.41) is 0. The molecule has 3 heteroatoms. The minimum Gasteiger partial charge on any atom is -0.304 e. The number of aromatic nitrogens is 1. The summed E-state index contributed by atoms with van der Waals surface area (Å²) in [4.78, 5) is 19.0. The summed E-state index contributed by atoms with van der Waals surface area (Å²) >= 11 is 0. The van der Waals surface area contributed by atoms with E-state index in [1.54, 1.807) is 17.2 Å². The second-order valence-corrected chi connectivity index (χ2v) is 5.40. The Morgan fingerprint density at radius 3 is 2.26 bits per heavy atom. The molecule has 0 saturated heterocycles. The number of pyridine rings is 1. The first-order chi connectivity index (χ1) is 11.2. The molecular formula is C20H18N2O. The number of benzene rings is 2. The summed E-state index contributed by atoms with van der Waals surface area (Å²) in [6.45, 7) is 2.42. The van der Waals surface area contributed by atoms with Gasteiger partial charge in [-0.3, -0.25) is 9.78 Å². The summed E-state index contributed by atoms with van der Waals surface area (Å²) in [6.07, 6.45) is 1.67. The van der Waals surface area contributed by atoms with Crippen molar-refractivity contribution in [2.24, 2.45) is 0 Å². The highest BCUT2D eigenvalue weighted by atomic mass is 16.2. The maximum absolute atomic E-state index is 13.0. The fourth-order valence-electron chi connectivity index (χ4n) is 2.49. The van der Waals surface area contributed by atoms with Gasteiger partial charge >= 0.3 is 0 Å². The maximum atomic E-state index is 13.0. The van der Waals surface area contributed by atoms with Gasteiger partial charge in [-0.05, 0) is 36.8 Å². The molecule has 23 heavy (non-hydrogen) atoms. The summed E-state index contributed by atoms with van der Waals surface area (Å²) in [5.41, 5.74) is 3.46. The standard InChI is InChI=1S/C20H18N2O/c1-16-14-18(12-13-21-16)20(23)22(19-10-6-3-7-11-19)15-17-8-4-2-5-9-17/h2-14H,15H2,1H3. The van der Waals surface area contributed by atoms with Gasteiger partial charge in [0.25, 0.3) is 5.91 Å². The topological polar surface area (TPSA) is 33.2 Å². The Labute approximate surface area is 136 Å². The second-order valence-electron chi connectivity index (χ2n) is 5.40. The third-order valence-electron chi connectivity index (χ3n) is 3.64. The normalized spacial score (nSPS) is 10.3. The lowest BCUT2D eigenvalue weighted by Crippen LogP contribution is -2.30. The molecule has 1 heterocycles. The monoisotopic (exact) mass is 302 g/mol. The number of hydrogen-bond donors (Lipinski definition) is 0. The zero-order valence-corrected chi connectivity index (χ0v) is 13.0. The first kappa shape index (κ1) is 15.0. The molecule has 0 fully saturated rings. The minimum atomic E-state index is -0.0226. The lowest BCUT2D eigenvalue weighted by Gasteiger charge is -2.23. The van der Waals surface area contributed by atoms with E-state index in [9.17, 15) is 4.79 Å². The highest BCUT2D eigenvalue weighted by Gasteiger charge is 2.18. The molecule has 0 aliphatic heterocycles. The van der Waals surface area contributed by atoms with Gasteiger partial charge in [0, 0.05) is 23.1 Å². The average Bonchev–Trinajstić information content (AvgIpc) is 2.61. The largest absolute Gasteiger partial charge is 0.304 e. The smallest absolute Gasteiger partial charge is 0.258 e. The van der Waals surface area contributed by atoms with Gasteiger partial charge in [-0.15, -0.1) is 0 Å². The van der Waals surface area contributed by atoms with Crippen LogP contribution in [0.15, 0.2) is 79.0 Å². The van der Waals surface area contributed by atoms with Crippen molar-refractivity contribution in [2.45, 2.75) is 13.5 Å². The van der Waals surface area contributed by atoms with E-state index in [0.717, 1.165) is 16.9 Å². The molecule has 3 nitrogen and oxygen atoms in total. The quantitative estimate of drug-likeness (QED) is 0.722. The molecule has 0 aliphatic rings. The molecule has 0 radical (unpaired) electrons. The van der Waals surface area contributed by atoms with Crippen LogP contribution in [0.1, 0.15) is 21.6 Å². The molecule has 2 aromatic carbocycles. The second kappa shape index (κ2) is 6.88. The zero-order valence-electron chi connectivity index (χ0n) is 13.0. The number of hydrogen-bond acceptors (Lipinski definition) is 2. The molecule has 3 rings (SSSR count). The van der Waals surface area contributed by atoms with Crippen molar-refractivity contribution in [2.75, 3.05) is 4.90 Å². The van der Waals surface area contributed by atoms with Crippen LogP contribution in [-0.2, 0) is 6.54 Å². The van der Waals surface area contributed by atoms with E-state index >= 15 is 0 Å². The number of amides is 1. The number of rotatable bonds is 4. The predicted molar refractivity (Wildman–Crippen MR) is 92.4 cm³/mol. The van der Waals surface area contributed by atoms with Crippen molar-refractivity contribution in [3.63, 3.8) is 0 Å². The van der Waals surface area contributed by atoms with Gasteiger partial charge in [-0.25, -0.2) is 0 Å². The Morgan fingerprint density at radius 2 is 1.61 bits per heavy atom. The van der Waals surface area contributed by atoms with E-state index in [1.807, 2.05) is 73.7 Å². The number of para-hydroxylation sites is 1. The Balaban J connectivity index is 1.96. The van der Waals surface area contributed by atoms with Crippen LogP contribution in [0, 0.1) is 6.92 Å². The molecule has 0 aliphatic carbocycles. The van der Waals surface area contributed by atoms with Crippen LogP contribution in [-0.4, -0.2) is 10.9 Å². The van der Waals surface area contributed by atoms with E-state index in [-0.39, 0.29) is 5.91 Å². The molecule has 0 bridgehead atoms. The van der Waals surface area contributed by atoms with Gasteiger partial charge in [0.1, 0.15) is 0 Å². The fourth-order valence-corrected chi connectivity index (χ4v) is 2.49. The Morgan fingerprint density at radius 1 is 0.957 bits per heavy atom. The van der Waals surface area contributed by atoms with Crippen molar-refractivity contribution in [3.05, 3.63) is 95.8 Å². The summed E-state index contributed by atoms with van der Waals surface area (Å²) in [7, 11) is 0. The lowest BCUT2D eigenvalue weighted by atomic mass is 10.1. The Bertz CT molecular complexity index is 785. The minimum absolute atomic E-state index is 0.0226. The van der Waals surface area contributed by atoms with Crippen LogP contribution in [0.3, 0.4) is 0 Å². The van der Waals surface area contributed by atoms with E-state index < -0.39 is 0 Å². The van der Waals surface area contributed by atoms with Crippen molar-refractivity contribution in [1.29, 1.82) is 0 Å². The van der Waals surface area contributed by atoms with Gasteiger partial charge in [-0.1, -0.05) is 48.5 Å². The number of aryl methyl sites for hydroxylation is 1. The first-order valence-corrected chi connectivity index (χ1v) is 7.57. The summed E-state index contributed by atoms with van der Waals surface area (Å²) < 4.78 is 0. The van der Waals surface area contributed by atoms with Crippen LogP contribution in [0.5, 0.6) is 0 Å². The van der Waals surface area contributed by atoms with Gasteiger partial charge in [0.2, 0.25) is 0 Å². The lowest BCUT2D eigenvalue weighted by molar-refractivity contribution is 0.0985. The van der Waals surface area contributed by atoms with E-state index in [4.69, 9.17) is 0 Å². The van der Waals surface area contributed by atoms with Crippen molar-refractivity contribution >= 4 is 11.6 Å². The van der Waals surface area contributed by atoms with Crippen molar-refractivity contribution < 1.29 is 4.79 Å². The first-order valence-electron chi connectivity index (χ1n) is 7.57. The van der Waals surface area contributed by atoms with E-state index in [0.29, 0.717) is 12.1 Å². The summed E-state index contributed by atoms with van der Waals surface area (Å²) in [6, 6.07) is 23.3. The van der Waals surface area contributed by atoms with Crippen LogP contribution < -0.4 is 4.90 Å². The third kappa shape index (κ3) is 3.64. The highest BCUT2D eigenvalue weighted by Crippen LogP contribution is 2.20. The molecule has 1 amide bonds. The maximum Gasteiger partial charge on any atom is 0.258 e. The SMILES string of the molecule is Cc1cc(C(=O)N(Cc2ccccc2)c2ccccc2)ccn1. The fraction of sp³-hybridized carbons (Fsp3) is 0.100. The van der Waals surface area contributed by atoms with Crippen molar-refractivity contribution in [3.8, 4) is 0 Å². The van der Waals surface area contributed by atoms with Crippen LogP contribution >= 0.6 is 0 Å². The third-order valence-corrected chi connectivity index (χ3v) is 3.64. The predicted octanol–water partition coefficient (Wildman–Crippen LogP) is 4.24. The molecule has 0 atom stereocenters. The van der Waals surface area contributed by atoms with Gasteiger partial charge in [-0.2, -0.15) is 0 Å². The molecule has 0 unspecified atom stereocenters. The molecule has 0 saturated carbocycles. The number of nitrogens with zero attached hydrogens (tertiary/aromatic N) is 2. The molecular weight excluding hydrogens is 284 g/mol. The zero-order chi connectivity index (χ0) is 16.1. The van der Waals surface area contributed by atoms with E-state index in [1.165, 1.54) is 0 Å². The van der Waals surface area contributed by atoms with Crippen LogP contribution in [0.2, 0.25) is 0 Å².